The van der Waals surface area contributed by atoms with E-state index in [9.17, 15) is 4.79 Å². The number of alkyl carbamates (subject to hydrolysis) is 1. The predicted molar refractivity (Wildman–Crippen MR) is 81.5 cm³/mol. The molecule has 4 heteroatoms. The molecule has 0 aliphatic heterocycles. The smallest absolute Gasteiger partial charge is 0.407 e. The highest BCUT2D eigenvalue weighted by Crippen LogP contribution is 2.06. The molecule has 0 heterocycles. The molecule has 3 nitrogen and oxygen atoms in total. The molecule has 0 fully saturated rings. The summed E-state index contributed by atoms with van der Waals surface area (Å²) in [6, 6.07) is 8.05. The molecule has 100 valence electrons. The number of halogens is 1. The van der Waals surface area contributed by atoms with Crippen LogP contribution >= 0.6 is 22.6 Å². The van der Waals surface area contributed by atoms with Gasteiger partial charge in [-0.3, -0.25) is 0 Å². The van der Waals surface area contributed by atoms with E-state index in [1.165, 1.54) is 16.4 Å². The first-order valence-corrected chi connectivity index (χ1v) is 7.45. The summed E-state index contributed by atoms with van der Waals surface area (Å²) < 4.78 is 6.27. The summed E-state index contributed by atoms with van der Waals surface area (Å²) in [4.78, 5) is 11.4. The van der Waals surface area contributed by atoms with E-state index in [0.29, 0.717) is 13.2 Å². The van der Waals surface area contributed by atoms with Gasteiger partial charge < -0.3 is 10.1 Å². The second-order valence-corrected chi connectivity index (χ2v) is 5.42. The van der Waals surface area contributed by atoms with Crippen molar-refractivity contribution in [2.24, 2.45) is 0 Å². The number of ether oxygens (including phenoxy) is 1. The summed E-state index contributed by atoms with van der Waals surface area (Å²) in [7, 11) is 0. The molecular formula is C14H20INO2. The van der Waals surface area contributed by atoms with Gasteiger partial charge in [-0.15, -0.1) is 0 Å². The third-order valence-corrected chi connectivity index (χ3v) is 3.30. The molecule has 0 saturated heterocycles. The Labute approximate surface area is 122 Å². The van der Waals surface area contributed by atoms with Crippen molar-refractivity contribution in [2.45, 2.75) is 39.2 Å². The Kier molecular flexibility index (Phi) is 7.80. The molecule has 0 aliphatic carbocycles. The zero-order valence-electron chi connectivity index (χ0n) is 10.7. The van der Waals surface area contributed by atoms with Gasteiger partial charge in [0.15, 0.2) is 0 Å². The Morgan fingerprint density at radius 2 is 1.94 bits per heavy atom. The molecule has 1 aromatic carbocycles. The highest BCUT2D eigenvalue weighted by Gasteiger charge is 2.01. The molecule has 0 aromatic heterocycles. The van der Waals surface area contributed by atoms with Crippen LogP contribution in [0.3, 0.4) is 0 Å². The lowest BCUT2D eigenvalue weighted by atomic mass is 10.2. The molecular weight excluding hydrogens is 341 g/mol. The minimum absolute atomic E-state index is 0.329. The molecule has 1 amide bonds. The number of unbranched alkanes of at least 4 members (excludes halogenated alkanes) is 3. The number of benzene rings is 1. The summed E-state index contributed by atoms with van der Waals surface area (Å²) in [5.41, 5.74) is 1.08. The van der Waals surface area contributed by atoms with Crippen LogP contribution in [-0.2, 0) is 11.3 Å². The number of rotatable bonds is 7. The Hall–Kier alpha value is -0.780. The lowest BCUT2D eigenvalue weighted by molar-refractivity contribution is 0.143. The zero-order valence-corrected chi connectivity index (χ0v) is 12.9. The van der Waals surface area contributed by atoms with E-state index >= 15 is 0 Å². The number of amides is 1. The molecule has 0 saturated carbocycles. The molecule has 18 heavy (non-hydrogen) atoms. The van der Waals surface area contributed by atoms with E-state index in [1.807, 2.05) is 24.3 Å². The predicted octanol–water partition coefficient (Wildman–Crippen LogP) is 4.10. The second kappa shape index (κ2) is 9.19. The van der Waals surface area contributed by atoms with Crippen molar-refractivity contribution in [3.8, 4) is 0 Å². The largest absolute Gasteiger partial charge is 0.450 e. The molecule has 1 aromatic rings. The van der Waals surface area contributed by atoms with Crippen molar-refractivity contribution in [3.05, 3.63) is 33.4 Å². The number of carbonyl (C=O) groups is 1. The van der Waals surface area contributed by atoms with E-state index in [0.717, 1.165) is 18.4 Å². The monoisotopic (exact) mass is 361 g/mol. The lowest BCUT2D eigenvalue weighted by Crippen LogP contribution is -2.24. The van der Waals surface area contributed by atoms with Gasteiger partial charge in [0.2, 0.25) is 0 Å². The number of nitrogens with one attached hydrogen (secondary N) is 1. The molecule has 1 rings (SSSR count). The zero-order chi connectivity index (χ0) is 13.2. The van der Waals surface area contributed by atoms with Gasteiger partial charge in [-0.05, 0) is 46.7 Å². The summed E-state index contributed by atoms with van der Waals surface area (Å²) in [5, 5.41) is 2.75. The van der Waals surface area contributed by atoms with Crippen LogP contribution < -0.4 is 5.32 Å². The maximum Gasteiger partial charge on any atom is 0.407 e. The summed E-state index contributed by atoms with van der Waals surface area (Å²) in [6.45, 7) is 3.19. The van der Waals surface area contributed by atoms with Gasteiger partial charge in [0.25, 0.3) is 0 Å². The summed E-state index contributed by atoms with van der Waals surface area (Å²) in [6.07, 6.45) is 4.14. The van der Waals surface area contributed by atoms with Gasteiger partial charge in [-0.2, -0.15) is 0 Å². The van der Waals surface area contributed by atoms with Crippen LogP contribution in [0.2, 0.25) is 0 Å². The van der Waals surface area contributed by atoms with Gasteiger partial charge in [-0.1, -0.05) is 38.3 Å². The quantitative estimate of drug-likeness (QED) is 0.587. The van der Waals surface area contributed by atoms with Crippen molar-refractivity contribution in [1.82, 2.24) is 5.32 Å². The van der Waals surface area contributed by atoms with Crippen molar-refractivity contribution in [3.63, 3.8) is 0 Å². The van der Waals surface area contributed by atoms with E-state index in [4.69, 9.17) is 4.74 Å². The van der Waals surface area contributed by atoms with Crippen LogP contribution in [-0.4, -0.2) is 12.7 Å². The second-order valence-electron chi connectivity index (χ2n) is 4.18. The third-order valence-electron chi connectivity index (χ3n) is 2.58. The highest BCUT2D eigenvalue weighted by atomic mass is 127. The van der Waals surface area contributed by atoms with Gasteiger partial charge in [0.05, 0.1) is 6.61 Å². The maximum absolute atomic E-state index is 11.4. The van der Waals surface area contributed by atoms with Crippen LogP contribution in [0.5, 0.6) is 0 Å². The fraction of sp³-hybridized carbons (Fsp3) is 0.500. The van der Waals surface area contributed by atoms with Gasteiger partial charge in [0, 0.05) is 10.1 Å². The summed E-state index contributed by atoms with van der Waals surface area (Å²) in [5.74, 6) is 0. The molecule has 0 unspecified atom stereocenters. The Bertz CT molecular complexity index is 351. The number of carbonyl (C=O) groups excluding carboxylic acids is 1. The molecule has 0 bridgehead atoms. The van der Waals surface area contributed by atoms with Crippen LogP contribution in [0.25, 0.3) is 0 Å². The first-order chi connectivity index (χ1) is 8.72. The first kappa shape index (κ1) is 15.3. The van der Waals surface area contributed by atoms with Gasteiger partial charge >= 0.3 is 6.09 Å². The molecule has 0 aliphatic rings. The Morgan fingerprint density at radius 3 is 2.61 bits per heavy atom. The van der Waals surface area contributed by atoms with Crippen molar-refractivity contribution < 1.29 is 9.53 Å². The third kappa shape index (κ3) is 6.83. The number of hydrogen-bond acceptors (Lipinski definition) is 2. The number of hydrogen-bond donors (Lipinski definition) is 1. The van der Waals surface area contributed by atoms with Crippen molar-refractivity contribution in [2.75, 3.05) is 6.61 Å². The van der Waals surface area contributed by atoms with Crippen molar-refractivity contribution in [1.29, 1.82) is 0 Å². The molecule has 0 atom stereocenters. The SMILES string of the molecule is CCCCCCOC(=O)NCc1ccc(I)cc1. The van der Waals surface area contributed by atoms with E-state index in [-0.39, 0.29) is 6.09 Å². The molecule has 0 radical (unpaired) electrons. The topological polar surface area (TPSA) is 38.3 Å². The Balaban J connectivity index is 2.11. The average Bonchev–Trinajstić information content (AvgIpc) is 2.38. The first-order valence-electron chi connectivity index (χ1n) is 6.37. The fourth-order valence-electron chi connectivity index (χ4n) is 1.52. The normalized spacial score (nSPS) is 10.1. The minimum Gasteiger partial charge on any atom is -0.450 e. The average molecular weight is 361 g/mol. The summed E-state index contributed by atoms with van der Waals surface area (Å²) >= 11 is 2.26. The van der Waals surface area contributed by atoms with Crippen LogP contribution in [0.4, 0.5) is 4.79 Å². The fourth-order valence-corrected chi connectivity index (χ4v) is 1.88. The standard InChI is InChI=1S/C14H20INO2/c1-2-3-4-5-10-18-14(17)16-11-12-6-8-13(15)9-7-12/h6-9H,2-5,10-11H2,1H3,(H,16,17). The van der Waals surface area contributed by atoms with E-state index in [1.54, 1.807) is 0 Å². The molecule has 1 N–H and O–H groups in total. The van der Waals surface area contributed by atoms with Gasteiger partial charge in [-0.25, -0.2) is 4.79 Å². The van der Waals surface area contributed by atoms with Crippen LogP contribution in [0.1, 0.15) is 38.2 Å². The molecule has 0 spiro atoms. The maximum atomic E-state index is 11.4. The van der Waals surface area contributed by atoms with E-state index < -0.39 is 0 Å². The van der Waals surface area contributed by atoms with Gasteiger partial charge in [0.1, 0.15) is 0 Å². The minimum atomic E-state index is -0.329. The lowest BCUT2D eigenvalue weighted by Gasteiger charge is -2.07. The van der Waals surface area contributed by atoms with Crippen molar-refractivity contribution >= 4 is 28.7 Å². The Morgan fingerprint density at radius 1 is 1.22 bits per heavy atom. The highest BCUT2D eigenvalue weighted by molar-refractivity contribution is 14.1. The van der Waals surface area contributed by atoms with Crippen LogP contribution in [0.15, 0.2) is 24.3 Å². The van der Waals surface area contributed by atoms with Crippen LogP contribution in [0, 0.1) is 3.57 Å². The van der Waals surface area contributed by atoms with E-state index in [2.05, 4.69) is 34.8 Å².